The van der Waals surface area contributed by atoms with Gasteiger partial charge in [0.25, 0.3) is 5.91 Å². The quantitative estimate of drug-likeness (QED) is 0.589. The highest BCUT2D eigenvalue weighted by atomic mass is 35.5. The largest absolute Gasteiger partial charge is 0.482 e. The summed E-state index contributed by atoms with van der Waals surface area (Å²) >= 11 is 7.29. The molecule has 0 spiro atoms. The number of nitrogens with zero attached hydrogens (tertiary/aromatic N) is 1. The predicted octanol–water partition coefficient (Wildman–Crippen LogP) is 4.25. The number of amides is 1. The van der Waals surface area contributed by atoms with Crippen LogP contribution in [0.1, 0.15) is 4.88 Å². The lowest BCUT2D eigenvalue weighted by atomic mass is 10.1. The van der Waals surface area contributed by atoms with Crippen LogP contribution in [0.2, 0.25) is 5.02 Å². The molecule has 7 nitrogen and oxygen atoms in total. The van der Waals surface area contributed by atoms with E-state index in [0.717, 1.165) is 16.1 Å². The zero-order valence-electron chi connectivity index (χ0n) is 15.3. The minimum Gasteiger partial charge on any atom is -0.482 e. The summed E-state index contributed by atoms with van der Waals surface area (Å²) in [4.78, 5) is 28.9. The Labute approximate surface area is 175 Å². The first-order valence-electron chi connectivity index (χ1n) is 8.68. The van der Waals surface area contributed by atoms with Crippen molar-refractivity contribution in [3.63, 3.8) is 0 Å². The smallest absolute Gasteiger partial charge is 0.310 e. The van der Waals surface area contributed by atoms with Crippen molar-refractivity contribution in [2.75, 3.05) is 24.4 Å². The van der Waals surface area contributed by atoms with E-state index in [1.54, 1.807) is 24.3 Å². The van der Waals surface area contributed by atoms with Gasteiger partial charge in [-0.05, 0) is 42.5 Å². The Hall–Kier alpha value is -3.10. The minimum atomic E-state index is -0.359. The van der Waals surface area contributed by atoms with Crippen LogP contribution in [0.4, 0.5) is 16.5 Å². The van der Waals surface area contributed by atoms with Crippen LogP contribution in [-0.4, -0.2) is 30.6 Å². The molecule has 2 aromatic carbocycles. The number of halogens is 1. The van der Waals surface area contributed by atoms with Gasteiger partial charge < -0.3 is 20.1 Å². The Morgan fingerprint density at radius 1 is 1.31 bits per heavy atom. The highest BCUT2D eigenvalue weighted by Gasteiger charge is 2.20. The molecule has 1 aliphatic heterocycles. The molecule has 3 aromatic rings. The fraction of sp³-hybridized carbons (Fsp3) is 0.150. The van der Waals surface area contributed by atoms with Crippen LogP contribution in [0.25, 0.3) is 11.3 Å². The fourth-order valence-corrected chi connectivity index (χ4v) is 3.96. The van der Waals surface area contributed by atoms with Crippen LogP contribution >= 0.6 is 22.9 Å². The van der Waals surface area contributed by atoms with Crippen molar-refractivity contribution in [1.82, 2.24) is 4.98 Å². The van der Waals surface area contributed by atoms with Crippen molar-refractivity contribution in [3.05, 3.63) is 52.4 Å². The van der Waals surface area contributed by atoms with Crippen molar-refractivity contribution in [2.24, 2.45) is 0 Å². The lowest BCUT2D eigenvalue weighted by Gasteiger charge is -2.18. The standard InChI is InChI=1S/C20H16ClN3O4S/c1-27-18(26)9-16-19(11-2-7-15-14(8-11)23-17(25)10-28-15)24-20(29-16)22-13-5-3-12(21)4-6-13/h2-8H,9-10H2,1H3,(H,22,24)(H,23,25). The van der Waals surface area contributed by atoms with E-state index in [0.29, 0.717) is 27.3 Å². The number of thiazole rings is 1. The highest BCUT2D eigenvalue weighted by molar-refractivity contribution is 7.16. The molecule has 0 fully saturated rings. The van der Waals surface area contributed by atoms with Crippen LogP contribution in [-0.2, 0) is 20.7 Å². The average molecular weight is 430 g/mol. The van der Waals surface area contributed by atoms with Crippen molar-refractivity contribution in [1.29, 1.82) is 0 Å². The summed E-state index contributed by atoms with van der Waals surface area (Å²) in [5.41, 5.74) is 2.79. The second kappa shape index (κ2) is 8.10. The molecule has 0 radical (unpaired) electrons. The van der Waals surface area contributed by atoms with Crippen LogP contribution < -0.4 is 15.4 Å². The molecule has 9 heteroatoms. The first-order valence-corrected chi connectivity index (χ1v) is 9.87. The maximum Gasteiger partial charge on any atom is 0.310 e. The lowest BCUT2D eigenvalue weighted by molar-refractivity contribution is -0.139. The Morgan fingerprint density at radius 2 is 2.10 bits per heavy atom. The van der Waals surface area contributed by atoms with Gasteiger partial charge in [-0.2, -0.15) is 0 Å². The number of ether oxygens (including phenoxy) is 2. The van der Waals surface area contributed by atoms with E-state index in [-0.39, 0.29) is 24.9 Å². The van der Waals surface area contributed by atoms with Gasteiger partial charge in [-0.3, -0.25) is 9.59 Å². The number of esters is 1. The van der Waals surface area contributed by atoms with Gasteiger partial charge in [0.05, 0.1) is 24.9 Å². The van der Waals surface area contributed by atoms with Crippen LogP contribution in [0.3, 0.4) is 0 Å². The van der Waals surface area contributed by atoms with E-state index < -0.39 is 0 Å². The number of hydrogen-bond donors (Lipinski definition) is 2. The summed E-state index contributed by atoms with van der Waals surface area (Å²) < 4.78 is 10.2. The zero-order chi connectivity index (χ0) is 20.4. The Morgan fingerprint density at radius 3 is 2.86 bits per heavy atom. The highest BCUT2D eigenvalue weighted by Crippen LogP contribution is 2.37. The first kappa shape index (κ1) is 19.2. The monoisotopic (exact) mass is 429 g/mol. The van der Waals surface area contributed by atoms with E-state index in [9.17, 15) is 9.59 Å². The third-order valence-electron chi connectivity index (χ3n) is 4.21. The van der Waals surface area contributed by atoms with E-state index in [4.69, 9.17) is 21.1 Å². The Balaban J connectivity index is 1.70. The van der Waals surface area contributed by atoms with Crippen molar-refractivity contribution >= 4 is 51.3 Å². The first-order chi connectivity index (χ1) is 14.0. The number of benzene rings is 2. The third kappa shape index (κ3) is 4.33. The molecule has 29 heavy (non-hydrogen) atoms. The van der Waals surface area contributed by atoms with Gasteiger partial charge in [-0.25, -0.2) is 4.98 Å². The van der Waals surface area contributed by atoms with Crippen LogP contribution in [0.5, 0.6) is 5.75 Å². The fourth-order valence-electron chi connectivity index (χ4n) is 2.84. The molecular weight excluding hydrogens is 414 g/mol. The molecule has 0 atom stereocenters. The summed E-state index contributed by atoms with van der Waals surface area (Å²) in [7, 11) is 1.35. The molecule has 0 unspecified atom stereocenters. The summed E-state index contributed by atoms with van der Waals surface area (Å²) in [5, 5.41) is 7.27. The molecule has 4 rings (SSSR count). The maximum absolute atomic E-state index is 11.9. The Kier molecular flexibility index (Phi) is 5.37. The number of carbonyl (C=O) groups is 2. The predicted molar refractivity (Wildman–Crippen MR) is 112 cm³/mol. The van der Waals surface area contributed by atoms with Crippen molar-refractivity contribution in [3.8, 4) is 17.0 Å². The average Bonchev–Trinajstić information content (AvgIpc) is 3.11. The molecule has 148 valence electrons. The van der Waals surface area contributed by atoms with Gasteiger partial charge in [-0.1, -0.05) is 11.6 Å². The van der Waals surface area contributed by atoms with E-state index >= 15 is 0 Å². The maximum atomic E-state index is 11.9. The summed E-state index contributed by atoms with van der Waals surface area (Å²) in [6.45, 7) is -0.00814. The van der Waals surface area contributed by atoms with E-state index in [1.165, 1.54) is 18.4 Å². The van der Waals surface area contributed by atoms with Gasteiger partial charge in [0.15, 0.2) is 11.7 Å². The number of nitrogens with one attached hydrogen (secondary N) is 2. The van der Waals surface area contributed by atoms with Gasteiger partial charge in [0, 0.05) is 21.2 Å². The zero-order valence-corrected chi connectivity index (χ0v) is 16.9. The molecular formula is C20H16ClN3O4S. The van der Waals surface area contributed by atoms with E-state index in [2.05, 4.69) is 15.6 Å². The number of anilines is 3. The molecule has 2 N–H and O–H groups in total. The number of methoxy groups -OCH3 is 1. The number of fused-ring (bicyclic) bond motifs is 1. The summed E-state index contributed by atoms with van der Waals surface area (Å²) in [6, 6.07) is 12.6. The van der Waals surface area contributed by atoms with Crippen LogP contribution in [0, 0.1) is 0 Å². The second-order valence-electron chi connectivity index (χ2n) is 6.22. The topological polar surface area (TPSA) is 89.5 Å². The molecule has 1 amide bonds. The molecule has 0 aliphatic carbocycles. The van der Waals surface area contributed by atoms with Gasteiger partial charge in [-0.15, -0.1) is 11.3 Å². The van der Waals surface area contributed by atoms with Crippen molar-refractivity contribution in [2.45, 2.75) is 6.42 Å². The number of aromatic nitrogens is 1. The summed E-state index contributed by atoms with van der Waals surface area (Å²) in [6.07, 6.45) is 0.0890. The summed E-state index contributed by atoms with van der Waals surface area (Å²) in [5.74, 6) is 0.0213. The van der Waals surface area contributed by atoms with Gasteiger partial charge in [0.1, 0.15) is 5.75 Å². The van der Waals surface area contributed by atoms with E-state index in [1.807, 2.05) is 18.2 Å². The van der Waals surface area contributed by atoms with Crippen LogP contribution in [0.15, 0.2) is 42.5 Å². The number of carbonyl (C=O) groups excluding carboxylic acids is 2. The Bertz CT molecular complexity index is 1080. The minimum absolute atomic E-state index is 0.00814. The van der Waals surface area contributed by atoms with Crippen molar-refractivity contribution < 1.29 is 19.1 Å². The molecule has 2 heterocycles. The molecule has 0 saturated heterocycles. The van der Waals surface area contributed by atoms with Gasteiger partial charge in [0.2, 0.25) is 0 Å². The molecule has 0 bridgehead atoms. The number of rotatable bonds is 5. The van der Waals surface area contributed by atoms with Gasteiger partial charge >= 0.3 is 5.97 Å². The normalized spacial score (nSPS) is 12.6. The lowest BCUT2D eigenvalue weighted by Crippen LogP contribution is -2.25. The third-order valence-corrected chi connectivity index (χ3v) is 5.43. The molecule has 0 saturated carbocycles. The molecule has 1 aliphatic rings. The number of hydrogen-bond acceptors (Lipinski definition) is 7. The second-order valence-corrected chi connectivity index (χ2v) is 7.74. The SMILES string of the molecule is COC(=O)Cc1sc(Nc2ccc(Cl)cc2)nc1-c1ccc2c(c1)NC(=O)CO2. The molecule has 1 aromatic heterocycles.